The summed E-state index contributed by atoms with van der Waals surface area (Å²) in [6.45, 7) is 6.46. The molecule has 0 aliphatic rings. The molecule has 0 heterocycles. The zero-order valence-corrected chi connectivity index (χ0v) is 30.7. The number of carbonyl (C=O) groups excluding carboxylic acids is 2. The van der Waals surface area contributed by atoms with E-state index >= 15 is 0 Å². The fourth-order valence-corrected chi connectivity index (χ4v) is 8.41. The average molecular weight is 690 g/mol. The highest BCUT2D eigenvalue weighted by Gasteiger charge is 2.17. The molecular weight excluding hydrogens is 631 g/mol. The van der Waals surface area contributed by atoms with Crippen LogP contribution < -0.4 is 0 Å². The number of rotatable bonds is 31. The summed E-state index contributed by atoms with van der Waals surface area (Å²) in [6, 6.07) is 9.47. The standard InChI is InChI=1S/C34H59NO5S4/c1-3-5-7-9-11-16-26-41-43-28-24-39-33(37)20-22-35(30-32(36)31-18-14-13-15-19-31)23-21-34(38)40-25-29-44-42-27-17-12-10-8-6-4-2/h13-15,18-19,32,36H,3-12,16-17,20-30H2,1-2H3. The van der Waals surface area contributed by atoms with E-state index in [0.717, 1.165) is 28.6 Å². The van der Waals surface area contributed by atoms with Crippen LogP contribution in [0.5, 0.6) is 0 Å². The molecule has 254 valence electrons. The van der Waals surface area contributed by atoms with Crippen molar-refractivity contribution in [3.63, 3.8) is 0 Å². The summed E-state index contributed by atoms with van der Waals surface area (Å²) in [6.07, 6.45) is 15.4. The second kappa shape index (κ2) is 31.1. The zero-order chi connectivity index (χ0) is 31.9. The highest BCUT2D eigenvalue weighted by atomic mass is 33.1. The van der Waals surface area contributed by atoms with Gasteiger partial charge in [-0.05, 0) is 18.4 Å². The van der Waals surface area contributed by atoms with Crippen LogP contribution in [0.3, 0.4) is 0 Å². The fraction of sp³-hybridized carbons (Fsp3) is 0.765. The molecule has 1 rings (SSSR count). The maximum Gasteiger partial charge on any atom is 0.307 e. The van der Waals surface area contributed by atoms with Crippen molar-refractivity contribution in [1.82, 2.24) is 4.90 Å². The van der Waals surface area contributed by atoms with E-state index in [1.807, 2.05) is 56.8 Å². The Labute approximate surface area is 284 Å². The fourth-order valence-electron chi connectivity index (χ4n) is 4.46. The molecule has 6 nitrogen and oxygen atoms in total. The summed E-state index contributed by atoms with van der Waals surface area (Å²) in [4.78, 5) is 26.8. The monoisotopic (exact) mass is 689 g/mol. The SMILES string of the molecule is CCCCCCCCSSCCOC(=O)CCN(CCC(=O)OCCSSCCCCCCCC)CC(O)c1ccccc1. The summed E-state index contributed by atoms with van der Waals surface area (Å²) in [5.41, 5.74) is 0.814. The third-order valence-corrected chi connectivity index (χ3v) is 12.0. The summed E-state index contributed by atoms with van der Waals surface area (Å²) in [5, 5.41) is 10.8. The smallest absolute Gasteiger partial charge is 0.307 e. The molecule has 0 aromatic heterocycles. The number of hydrogen-bond acceptors (Lipinski definition) is 10. The Balaban J connectivity index is 2.26. The lowest BCUT2D eigenvalue weighted by atomic mass is 10.1. The lowest BCUT2D eigenvalue weighted by molar-refractivity contribution is -0.143. The zero-order valence-electron chi connectivity index (χ0n) is 27.4. The van der Waals surface area contributed by atoms with Crippen LogP contribution in [0.2, 0.25) is 0 Å². The maximum atomic E-state index is 12.4. The molecule has 0 spiro atoms. The first-order valence-electron chi connectivity index (χ1n) is 16.8. The molecule has 0 amide bonds. The molecule has 0 bridgehead atoms. The highest BCUT2D eigenvalue weighted by molar-refractivity contribution is 8.77. The van der Waals surface area contributed by atoms with Gasteiger partial charge in [-0.25, -0.2) is 0 Å². The predicted octanol–water partition coefficient (Wildman–Crippen LogP) is 9.37. The van der Waals surface area contributed by atoms with Gasteiger partial charge in [0.05, 0.1) is 18.9 Å². The molecular formula is C34H59NO5S4. The van der Waals surface area contributed by atoms with Gasteiger partial charge < -0.3 is 14.6 Å². The van der Waals surface area contributed by atoms with E-state index in [1.54, 1.807) is 21.6 Å². The van der Waals surface area contributed by atoms with Crippen molar-refractivity contribution in [3.8, 4) is 0 Å². The molecule has 0 saturated heterocycles. The quantitative estimate of drug-likeness (QED) is 0.0463. The van der Waals surface area contributed by atoms with Gasteiger partial charge in [-0.15, -0.1) is 0 Å². The van der Waals surface area contributed by atoms with Gasteiger partial charge in [0.1, 0.15) is 13.2 Å². The van der Waals surface area contributed by atoms with E-state index in [9.17, 15) is 14.7 Å². The second-order valence-corrected chi connectivity index (χ2v) is 16.4. The molecule has 0 aliphatic heterocycles. The molecule has 0 fully saturated rings. The van der Waals surface area contributed by atoms with Gasteiger partial charge in [-0.2, -0.15) is 0 Å². The van der Waals surface area contributed by atoms with Crippen molar-refractivity contribution in [2.24, 2.45) is 0 Å². The lowest BCUT2D eigenvalue weighted by Gasteiger charge is -2.24. The molecule has 1 atom stereocenters. The van der Waals surface area contributed by atoms with Crippen molar-refractivity contribution in [2.45, 2.75) is 110 Å². The van der Waals surface area contributed by atoms with Crippen LogP contribution in [-0.2, 0) is 19.1 Å². The number of aliphatic hydroxyl groups is 1. The maximum absolute atomic E-state index is 12.4. The topological polar surface area (TPSA) is 76.1 Å². The third kappa shape index (κ3) is 25.6. The van der Waals surface area contributed by atoms with Gasteiger partial charge in [0.2, 0.25) is 0 Å². The largest absolute Gasteiger partial charge is 0.465 e. The molecule has 44 heavy (non-hydrogen) atoms. The van der Waals surface area contributed by atoms with E-state index in [4.69, 9.17) is 9.47 Å². The van der Waals surface area contributed by atoms with E-state index < -0.39 is 6.10 Å². The predicted molar refractivity (Wildman–Crippen MR) is 196 cm³/mol. The van der Waals surface area contributed by atoms with Gasteiger partial charge in [0, 0.05) is 42.6 Å². The van der Waals surface area contributed by atoms with Crippen molar-refractivity contribution < 1.29 is 24.2 Å². The lowest BCUT2D eigenvalue weighted by Crippen LogP contribution is -2.33. The Morgan fingerprint density at radius 1 is 0.659 bits per heavy atom. The van der Waals surface area contributed by atoms with Crippen LogP contribution in [0.4, 0.5) is 0 Å². The second-order valence-electron chi connectivity index (χ2n) is 11.0. The number of benzene rings is 1. The Hall–Kier alpha value is -0.520. The van der Waals surface area contributed by atoms with Crippen molar-refractivity contribution >= 4 is 55.1 Å². The highest BCUT2D eigenvalue weighted by Crippen LogP contribution is 2.24. The molecule has 1 N–H and O–H groups in total. The molecule has 0 saturated carbocycles. The van der Waals surface area contributed by atoms with Gasteiger partial charge in [-0.1, -0.05) is 152 Å². The molecule has 1 aromatic rings. The number of ether oxygens (including phenoxy) is 2. The van der Waals surface area contributed by atoms with E-state index in [-0.39, 0.29) is 24.8 Å². The van der Waals surface area contributed by atoms with Crippen LogP contribution in [0.15, 0.2) is 30.3 Å². The van der Waals surface area contributed by atoms with E-state index in [2.05, 4.69) is 13.8 Å². The van der Waals surface area contributed by atoms with E-state index in [0.29, 0.717) is 32.8 Å². The third-order valence-electron chi connectivity index (χ3n) is 7.07. The van der Waals surface area contributed by atoms with Crippen molar-refractivity contribution in [1.29, 1.82) is 0 Å². The number of unbranched alkanes of at least 4 members (excludes halogenated alkanes) is 10. The minimum Gasteiger partial charge on any atom is -0.465 e. The van der Waals surface area contributed by atoms with E-state index in [1.165, 1.54) is 77.0 Å². The number of hydrogen-bond donors (Lipinski definition) is 1. The van der Waals surface area contributed by atoms with Gasteiger partial charge in [0.15, 0.2) is 0 Å². The summed E-state index contributed by atoms with van der Waals surface area (Å²) in [7, 11) is 7.24. The van der Waals surface area contributed by atoms with Crippen molar-refractivity contribution in [3.05, 3.63) is 35.9 Å². The normalized spacial score (nSPS) is 12.0. The van der Waals surface area contributed by atoms with Crippen LogP contribution in [0, 0.1) is 0 Å². The van der Waals surface area contributed by atoms with Crippen LogP contribution in [0.1, 0.15) is 115 Å². The first-order valence-corrected chi connectivity index (χ1v) is 21.8. The molecule has 0 radical (unpaired) electrons. The van der Waals surface area contributed by atoms with Crippen LogP contribution in [0.25, 0.3) is 0 Å². The Bertz CT molecular complexity index is 763. The van der Waals surface area contributed by atoms with Gasteiger partial charge in [0.25, 0.3) is 0 Å². The number of aliphatic hydroxyl groups excluding tert-OH is 1. The minimum absolute atomic E-state index is 0.221. The van der Waals surface area contributed by atoms with Crippen LogP contribution >= 0.6 is 43.2 Å². The summed E-state index contributed by atoms with van der Waals surface area (Å²) < 4.78 is 10.9. The first-order chi connectivity index (χ1) is 21.6. The number of esters is 2. The minimum atomic E-state index is -0.705. The molecule has 0 aliphatic carbocycles. The first kappa shape index (κ1) is 41.5. The van der Waals surface area contributed by atoms with Crippen LogP contribution in [-0.4, -0.2) is 77.8 Å². The Morgan fingerprint density at radius 3 is 1.57 bits per heavy atom. The van der Waals surface area contributed by atoms with Crippen molar-refractivity contribution in [2.75, 3.05) is 55.9 Å². The van der Waals surface area contributed by atoms with Gasteiger partial charge in [-0.3, -0.25) is 14.5 Å². The average Bonchev–Trinajstić information content (AvgIpc) is 3.04. The Morgan fingerprint density at radius 2 is 1.09 bits per heavy atom. The summed E-state index contributed by atoms with van der Waals surface area (Å²) >= 11 is 0. The Kier molecular flexibility index (Phi) is 29.3. The molecule has 1 unspecified atom stereocenters. The number of carbonyl (C=O) groups is 2. The number of nitrogens with zero attached hydrogens (tertiary/aromatic N) is 1. The van der Waals surface area contributed by atoms with Gasteiger partial charge >= 0.3 is 11.9 Å². The summed E-state index contributed by atoms with van der Waals surface area (Å²) in [5.74, 6) is 3.35. The molecule has 1 aromatic carbocycles. The molecule has 10 heteroatoms.